The third-order valence-electron chi connectivity index (χ3n) is 3.69. The number of hydrogen-bond donors (Lipinski definition) is 1. The Morgan fingerprint density at radius 3 is 2.30 bits per heavy atom. The van der Waals surface area contributed by atoms with Crippen molar-refractivity contribution in [2.24, 2.45) is 0 Å². The van der Waals surface area contributed by atoms with Gasteiger partial charge in [0.05, 0.1) is 5.56 Å². The van der Waals surface area contributed by atoms with E-state index in [1.165, 1.54) is 6.07 Å². The van der Waals surface area contributed by atoms with Gasteiger partial charge in [0.25, 0.3) is 0 Å². The standard InChI is InChI=1S/C15H21F3N2/c1-19-11-12-6-7-14(13(10-12)15(16,17)18)20-8-4-2-3-5-9-20/h6-7,10,19H,2-5,8-9,11H2,1H3. The average molecular weight is 286 g/mol. The molecule has 0 spiro atoms. The number of nitrogens with zero attached hydrogens (tertiary/aromatic N) is 1. The topological polar surface area (TPSA) is 15.3 Å². The molecule has 1 aliphatic rings. The van der Waals surface area contributed by atoms with Crippen molar-refractivity contribution in [3.8, 4) is 0 Å². The Balaban J connectivity index is 2.35. The highest BCUT2D eigenvalue weighted by Gasteiger charge is 2.35. The first-order valence-electron chi connectivity index (χ1n) is 7.12. The molecule has 0 saturated carbocycles. The molecule has 20 heavy (non-hydrogen) atoms. The molecule has 1 aromatic carbocycles. The number of halogens is 3. The zero-order valence-electron chi connectivity index (χ0n) is 11.8. The Morgan fingerprint density at radius 1 is 1.10 bits per heavy atom. The number of nitrogens with one attached hydrogen (secondary N) is 1. The van der Waals surface area contributed by atoms with E-state index in [4.69, 9.17) is 0 Å². The molecule has 1 fully saturated rings. The minimum atomic E-state index is -4.30. The zero-order valence-corrected chi connectivity index (χ0v) is 11.8. The highest BCUT2D eigenvalue weighted by atomic mass is 19.4. The minimum absolute atomic E-state index is 0.333. The summed E-state index contributed by atoms with van der Waals surface area (Å²) in [6, 6.07) is 4.68. The van der Waals surface area contributed by atoms with Gasteiger partial charge in [-0.1, -0.05) is 18.9 Å². The molecule has 0 amide bonds. The van der Waals surface area contributed by atoms with Gasteiger partial charge in [-0.15, -0.1) is 0 Å². The maximum absolute atomic E-state index is 13.3. The highest BCUT2D eigenvalue weighted by Crippen LogP contribution is 2.38. The molecule has 0 aromatic heterocycles. The summed E-state index contributed by atoms with van der Waals surface area (Å²) in [4.78, 5) is 1.89. The quantitative estimate of drug-likeness (QED) is 0.909. The van der Waals surface area contributed by atoms with Gasteiger partial charge in [-0.2, -0.15) is 13.2 Å². The molecule has 112 valence electrons. The molecule has 1 N–H and O–H groups in total. The van der Waals surface area contributed by atoms with Gasteiger partial charge in [0.1, 0.15) is 0 Å². The fraction of sp³-hybridized carbons (Fsp3) is 0.600. The van der Waals surface area contributed by atoms with E-state index in [2.05, 4.69) is 5.32 Å². The zero-order chi connectivity index (χ0) is 14.6. The number of rotatable bonds is 3. The Kier molecular flexibility index (Phi) is 4.91. The summed E-state index contributed by atoms with van der Waals surface area (Å²) in [5, 5.41) is 2.89. The molecule has 0 atom stereocenters. The highest BCUT2D eigenvalue weighted by molar-refractivity contribution is 5.56. The van der Waals surface area contributed by atoms with Crippen molar-refractivity contribution in [1.82, 2.24) is 5.32 Å². The van der Waals surface area contributed by atoms with Crippen molar-refractivity contribution in [2.75, 3.05) is 25.0 Å². The van der Waals surface area contributed by atoms with E-state index < -0.39 is 11.7 Å². The molecule has 0 radical (unpaired) electrons. The van der Waals surface area contributed by atoms with Crippen LogP contribution in [0.15, 0.2) is 18.2 Å². The number of hydrogen-bond acceptors (Lipinski definition) is 2. The molecule has 2 nitrogen and oxygen atoms in total. The van der Waals surface area contributed by atoms with Crippen molar-refractivity contribution in [3.05, 3.63) is 29.3 Å². The predicted molar refractivity (Wildman–Crippen MR) is 74.9 cm³/mol. The largest absolute Gasteiger partial charge is 0.418 e. The molecule has 0 bridgehead atoms. The van der Waals surface area contributed by atoms with Crippen LogP contribution in [-0.4, -0.2) is 20.1 Å². The lowest BCUT2D eigenvalue weighted by atomic mass is 10.1. The van der Waals surface area contributed by atoms with Crippen LogP contribution in [-0.2, 0) is 12.7 Å². The molecule has 0 aliphatic carbocycles. The summed E-state index contributed by atoms with van der Waals surface area (Å²) < 4.78 is 39.8. The van der Waals surface area contributed by atoms with Gasteiger partial charge < -0.3 is 10.2 Å². The summed E-state index contributed by atoms with van der Waals surface area (Å²) in [5.74, 6) is 0. The maximum Gasteiger partial charge on any atom is 0.418 e. The second-order valence-corrected chi connectivity index (χ2v) is 5.28. The van der Waals surface area contributed by atoms with Gasteiger partial charge >= 0.3 is 6.18 Å². The van der Waals surface area contributed by atoms with E-state index in [1.807, 2.05) is 4.90 Å². The van der Waals surface area contributed by atoms with E-state index in [1.54, 1.807) is 19.2 Å². The van der Waals surface area contributed by atoms with Crippen molar-refractivity contribution < 1.29 is 13.2 Å². The smallest absolute Gasteiger partial charge is 0.371 e. The Morgan fingerprint density at radius 2 is 1.75 bits per heavy atom. The number of alkyl halides is 3. The average Bonchev–Trinajstić information content (AvgIpc) is 2.67. The molecular weight excluding hydrogens is 265 g/mol. The number of benzene rings is 1. The summed E-state index contributed by atoms with van der Waals surface area (Å²) in [7, 11) is 1.73. The first kappa shape index (κ1) is 15.2. The summed E-state index contributed by atoms with van der Waals surface area (Å²) in [5.41, 5.74) is 0.491. The van der Waals surface area contributed by atoms with E-state index >= 15 is 0 Å². The summed E-state index contributed by atoms with van der Waals surface area (Å²) in [6.07, 6.45) is -0.151. The fourth-order valence-corrected chi connectivity index (χ4v) is 2.71. The van der Waals surface area contributed by atoms with Crippen LogP contribution in [0, 0.1) is 0 Å². The van der Waals surface area contributed by atoms with Gasteiger partial charge in [-0.3, -0.25) is 0 Å². The molecule has 1 aliphatic heterocycles. The maximum atomic E-state index is 13.3. The van der Waals surface area contributed by atoms with Crippen LogP contribution < -0.4 is 10.2 Å². The Labute approximate surface area is 118 Å². The van der Waals surface area contributed by atoms with Crippen LogP contribution in [0.4, 0.5) is 18.9 Å². The molecule has 1 heterocycles. The van der Waals surface area contributed by atoms with Crippen LogP contribution in [0.5, 0.6) is 0 Å². The van der Waals surface area contributed by atoms with Crippen LogP contribution in [0.1, 0.15) is 36.8 Å². The minimum Gasteiger partial charge on any atom is -0.371 e. The van der Waals surface area contributed by atoms with E-state index in [-0.39, 0.29) is 0 Å². The van der Waals surface area contributed by atoms with Crippen LogP contribution in [0.25, 0.3) is 0 Å². The normalized spacial score (nSPS) is 17.1. The molecule has 1 aromatic rings. The van der Waals surface area contributed by atoms with E-state index in [9.17, 15) is 13.2 Å². The first-order valence-corrected chi connectivity index (χ1v) is 7.12. The van der Waals surface area contributed by atoms with Gasteiger partial charge in [0, 0.05) is 25.3 Å². The molecule has 0 unspecified atom stereocenters. The molecule has 5 heteroatoms. The predicted octanol–water partition coefficient (Wildman–Crippen LogP) is 3.81. The second kappa shape index (κ2) is 6.48. The van der Waals surface area contributed by atoms with Crippen LogP contribution in [0.2, 0.25) is 0 Å². The SMILES string of the molecule is CNCc1ccc(N2CCCCCC2)c(C(F)(F)F)c1. The van der Waals surface area contributed by atoms with Gasteiger partial charge in [0.15, 0.2) is 0 Å². The number of anilines is 1. The van der Waals surface area contributed by atoms with E-state index in [0.29, 0.717) is 30.9 Å². The molecule has 2 rings (SSSR count). The second-order valence-electron chi connectivity index (χ2n) is 5.28. The van der Waals surface area contributed by atoms with Gasteiger partial charge in [-0.25, -0.2) is 0 Å². The first-order chi connectivity index (χ1) is 9.52. The van der Waals surface area contributed by atoms with Crippen LogP contribution >= 0.6 is 0 Å². The molecular formula is C15H21F3N2. The summed E-state index contributed by atoms with van der Waals surface area (Å²) in [6.45, 7) is 1.88. The third-order valence-corrected chi connectivity index (χ3v) is 3.69. The summed E-state index contributed by atoms with van der Waals surface area (Å²) >= 11 is 0. The lowest BCUT2D eigenvalue weighted by Crippen LogP contribution is -2.27. The fourth-order valence-electron chi connectivity index (χ4n) is 2.71. The molecule has 1 saturated heterocycles. The van der Waals surface area contributed by atoms with Crippen molar-refractivity contribution >= 4 is 5.69 Å². The van der Waals surface area contributed by atoms with Crippen molar-refractivity contribution in [2.45, 2.75) is 38.4 Å². The lowest BCUT2D eigenvalue weighted by Gasteiger charge is -2.26. The Hall–Kier alpha value is -1.23. The third kappa shape index (κ3) is 3.66. The van der Waals surface area contributed by atoms with Gasteiger partial charge in [0.2, 0.25) is 0 Å². The van der Waals surface area contributed by atoms with Crippen molar-refractivity contribution in [3.63, 3.8) is 0 Å². The van der Waals surface area contributed by atoms with E-state index in [0.717, 1.165) is 25.7 Å². The van der Waals surface area contributed by atoms with Crippen LogP contribution in [0.3, 0.4) is 0 Å². The lowest BCUT2D eigenvalue weighted by molar-refractivity contribution is -0.137. The monoisotopic (exact) mass is 286 g/mol. The Bertz CT molecular complexity index is 435. The van der Waals surface area contributed by atoms with Crippen molar-refractivity contribution in [1.29, 1.82) is 0 Å². The van der Waals surface area contributed by atoms with Gasteiger partial charge in [-0.05, 0) is 37.6 Å².